The van der Waals surface area contributed by atoms with Crippen LogP contribution in [0.2, 0.25) is 5.02 Å². The van der Waals surface area contributed by atoms with E-state index in [1.165, 1.54) is 6.07 Å². The van der Waals surface area contributed by atoms with Crippen LogP contribution in [0.1, 0.15) is 18.1 Å². The van der Waals surface area contributed by atoms with Gasteiger partial charge in [-0.25, -0.2) is 4.39 Å². The lowest BCUT2D eigenvalue weighted by atomic mass is 10.1. The summed E-state index contributed by atoms with van der Waals surface area (Å²) in [7, 11) is 0. The lowest BCUT2D eigenvalue weighted by Gasteiger charge is -2.12. The van der Waals surface area contributed by atoms with E-state index in [1.807, 2.05) is 0 Å². The quantitative estimate of drug-likeness (QED) is 0.723. The Balaban J connectivity index is 3.02. The number of phenolic OH excluding ortho intramolecular Hbond substituents is 1. The molecule has 1 aromatic rings. The van der Waals surface area contributed by atoms with Crippen LogP contribution in [0.5, 0.6) is 5.75 Å². The maximum absolute atomic E-state index is 12.8. The summed E-state index contributed by atoms with van der Waals surface area (Å²) in [5, 5.41) is 18.7. The molecular weight excluding hydrogens is 209 g/mol. The van der Waals surface area contributed by atoms with Crippen molar-refractivity contribution in [3.63, 3.8) is 0 Å². The van der Waals surface area contributed by atoms with Crippen LogP contribution in [0, 0.1) is 5.82 Å². The average Bonchev–Trinajstić information content (AvgIpc) is 2.11. The van der Waals surface area contributed by atoms with Crippen LogP contribution in [0.4, 0.5) is 4.39 Å². The SMILES string of the molecule is NCCC(O)c1cc(Cl)c(F)cc1O. The molecule has 0 fully saturated rings. The molecule has 0 bridgehead atoms. The molecule has 1 unspecified atom stereocenters. The third-order valence-electron chi connectivity index (χ3n) is 1.87. The number of benzene rings is 1. The Hall–Kier alpha value is -0.840. The maximum atomic E-state index is 12.8. The molecule has 0 radical (unpaired) electrons. The molecule has 0 saturated carbocycles. The molecule has 1 atom stereocenters. The summed E-state index contributed by atoms with van der Waals surface area (Å²) >= 11 is 5.50. The highest BCUT2D eigenvalue weighted by atomic mass is 35.5. The highest BCUT2D eigenvalue weighted by Gasteiger charge is 2.14. The van der Waals surface area contributed by atoms with E-state index in [1.54, 1.807) is 0 Å². The van der Waals surface area contributed by atoms with Gasteiger partial charge in [0.1, 0.15) is 11.6 Å². The topological polar surface area (TPSA) is 66.5 Å². The van der Waals surface area contributed by atoms with Gasteiger partial charge in [0.05, 0.1) is 11.1 Å². The maximum Gasteiger partial charge on any atom is 0.145 e. The van der Waals surface area contributed by atoms with Gasteiger partial charge in [-0.15, -0.1) is 0 Å². The number of hydrogen-bond acceptors (Lipinski definition) is 3. The van der Waals surface area contributed by atoms with E-state index in [0.717, 1.165) is 6.07 Å². The molecule has 0 saturated heterocycles. The van der Waals surface area contributed by atoms with Crippen LogP contribution in [0.15, 0.2) is 12.1 Å². The standard InChI is InChI=1S/C9H11ClFNO2/c10-6-3-5(8(13)1-2-12)9(14)4-7(6)11/h3-4,8,13-14H,1-2,12H2. The molecule has 1 rings (SSSR count). The highest BCUT2D eigenvalue weighted by Crippen LogP contribution is 2.30. The fourth-order valence-electron chi connectivity index (χ4n) is 1.13. The van der Waals surface area contributed by atoms with Gasteiger partial charge in [0, 0.05) is 11.6 Å². The van der Waals surface area contributed by atoms with Crippen molar-refractivity contribution >= 4 is 11.6 Å². The predicted molar refractivity (Wildman–Crippen MR) is 51.7 cm³/mol. The van der Waals surface area contributed by atoms with Crippen molar-refractivity contribution in [2.75, 3.05) is 6.54 Å². The summed E-state index contributed by atoms with van der Waals surface area (Å²) < 4.78 is 12.8. The molecule has 0 amide bonds. The summed E-state index contributed by atoms with van der Waals surface area (Å²) in [6.45, 7) is 0.273. The largest absolute Gasteiger partial charge is 0.507 e. The van der Waals surface area contributed by atoms with Crippen LogP contribution < -0.4 is 5.73 Å². The van der Waals surface area contributed by atoms with Gasteiger partial charge < -0.3 is 15.9 Å². The molecule has 0 spiro atoms. The highest BCUT2D eigenvalue weighted by molar-refractivity contribution is 6.30. The minimum absolute atomic E-state index is 0.131. The zero-order chi connectivity index (χ0) is 10.7. The van der Waals surface area contributed by atoms with Gasteiger partial charge in [-0.05, 0) is 19.0 Å². The fraction of sp³-hybridized carbons (Fsp3) is 0.333. The number of halogens is 2. The number of rotatable bonds is 3. The van der Waals surface area contributed by atoms with E-state index in [2.05, 4.69) is 0 Å². The molecule has 0 aliphatic rings. The second-order valence-corrected chi connectivity index (χ2v) is 3.33. The summed E-state index contributed by atoms with van der Waals surface area (Å²) in [5.74, 6) is -1.03. The summed E-state index contributed by atoms with van der Waals surface area (Å²) in [5.41, 5.74) is 5.43. The first-order chi connectivity index (χ1) is 6.56. The Morgan fingerprint density at radius 2 is 2.14 bits per heavy atom. The number of phenols is 1. The Kier molecular flexibility index (Phi) is 3.69. The molecule has 0 aliphatic heterocycles. The number of hydrogen-bond donors (Lipinski definition) is 3. The normalized spacial score (nSPS) is 12.9. The summed E-state index contributed by atoms with van der Waals surface area (Å²) in [4.78, 5) is 0. The van der Waals surface area contributed by atoms with Crippen molar-refractivity contribution in [3.8, 4) is 5.75 Å². The third-order valence-corrected chi connectivity index (χ3v) is 2.16. The fourth-order valence-corrected chi connectivity index (χ4v) is 1.30. The number of nitrogens with two attached hydrogens (primary N) is 1. The first-order valence-corrected chi connectivity index (χ1v) is 4.50. The number of aromatic hydroxyl groups is 1. The van der Waals surface area contributed by atoms with E-state index in [-0.39, 0.29) is 29.3 Å². The third kappa shape index (κ3) is 2.35. The molecule has 1 aromatic carbocycles. The van der Waals surface area contributed by atoms with Crippen LogP contribution in [0.3, 0.4) is 0 Å². The lowest BCUT2D eigenvalue weighted by Crippen LogP contribution is -2.07. The van der Waals surface area contributed by atoms with Crippen molar-refractivity contribution in [2.24, 2.45) is 5.73 Å². The number of aliphatic hydroxyl groups excluding tert-OH is 1. The molecular formula is C9H11ClFNO2. The van der Waals surface area contributed by atoms with Crippen molar-refractivity contribution in [3.05, 3.63) is 28.5 Å². The van der Waals surface area contributed by atoms with Crippen molar-refractivity contribution in [1.29, 1.82) is 0 Å². The van der Waals surface area contributed by atoms with Crippen molar-refractivity contribution in [2.45, 2.75) is 12.5 Å². The number of aliphatic hydroxyl groups is 1. The Morgan fingerprint density at radius 3 is 2.71 bits per heavy atom. The van der Waals surface area contributed by atoms with E-state index in [0.29, 0.717) is 0 Å². The second kappa shape index (κ2) is 4.59. The van der Waals surface area contributed by atoms with Crippen molar-refractivity contribution in [1.82, 2.24) is 0 Å². The van der Waals surface area contributed by atoms with Gasteiger partial charge in [0.2, 0.25) is 0 Å². The van der Waals surface area contributed by atoms with Gasteiger partial charge in [-0.2, -0.15) is 0 Å². The lowest BCUT2D eigenvalue weighted by molar-refractivity contribution is 0.166. The van der Waals surface area contributed by atoms with Gasteiger partial charge in [0.15, 0.2) is 0 Å². The van der Waals surface area contributed by atoms with E-state index in [9.17, 15) is 14.6 Å². The zero-order valence-corrected chi connectivity index (χ0v) is 8.13. The molecule has 0 aromatic heterocycles. The molecule has 4 N–H and O–H groups in total. The second-order valence-electron chi connectivity index (χ2n) is 2.92. The summed E-state index contributed by atoms with van der Waals surface area (Å²) in [6.07, 6.45) is -0.631. The van der Waals surface area contributed by atoms with Crippen LogP contribution in [0.25, 0.3) is 0 Å². The Labute approximate surface area is 85.9 Å². The minimum Gasteiger partial charge on any atom is -0.507 e. The van der Waals surface area contributed by atoms with E-state index in [4.69, 9.17) is 17.3 Å². The van der Waals surface area contributed by atoms with Crippen LogP contribution >= 0.6 is 11.6 Å². The van der Waals surface area contributed by atoms with Crippen LogP contribution in [-0.2, 0) is 0 Å². The first kappa shape index (κ1) is 11.2. The molecule has 0 aliphatic carbocycles. The van der Waals surface area contributed by atoms with Crippen LogP contribution in [-0.4, -0.2) is 16.8 Å². The molecule has 78 valence electrons. The minimum atomic E-state index is -0.918. The molecule has 0 heterocycles. The Bertz CT molecular complexity index is 333. The van der Waals surface area contributed by atoms with Crippen molar-refractivity contribution < 1.29 is 14.6 Å². The molecule has 3 nitrogen and oxygen atoms in total. The van der Waals surface area contributed by atoms with Gasteiger partial charge >= 0.3 is 0 Å². The predicted octanol–water partition coefficient (Wildman–Crippen LogP) is 1.57. The molecule has 14 heavy (non-hydrogen) atoms. The zero-order valence-electron chi connectivity index (χ0n) is 7.37. The monoisotopic (exact) mass is 219 g/mol. The summed E-state index contributed by atoms with van der Waals surface area (Å²) in [6, 6.07) is 2.07. The first-order valence-electron chi connectivity index (χ1n) is 4.12. The molecule has 5 heteroatoms. The van der Waals surface area contributed by atoms with Gasteiger partial charge in [-0.1, -0.05) is 11.6 Å². The smallest absolute Gasteiger partial charge is 0.145 e. The van der Waals surface area contributed by atoms with Gasteiger partial charge in [0.25, 0.3) is 0 Å². The average molecular weight is 220 g/mol. The van der Waals surface area contributed by atoms with E-state index >= 15 is 0 Å². The Morgan fingerprint density at radius 1 is 1.50 bits per heavy atom. The van der Waals surface area contributed by atoms with E-state index < -0.39 is 11.9 Å². The van der Waals surface area contributed by atoms with Gasteiger partial charge in [-0.3, -0.25) is 0 Å².